The van der Waals surface area contributed by atoms with Crippen LogP contribution < -0.4 is 16.8 Å². The summed E-state index contributed by atoms with van der Waals surface area (Å²) >= 11 is 7.56. The molecule has 4 rings (SSSR count). The van der Waals surface area contributed by atoms with Crippen LogP contribution in [0.25, 0.3) is 0 Å². The Hall–Kier alpha value is -1.72. The summed E-state index contributed by atoms with van der Waals surface area (Å²) in [7, 11) is 0. The third-order valence-corrected chi connectivity index (χ3v) is 11.1. The minimum Gasteiger partial charge on any atom is -0.398 e. The highest BCUT2D eigenvalue weighted by molar-refractivity contribution is 7.08. The first kappa shape index (κ1) is 52.3. The van der Waals surface area contributed by atoms with Gasteiger partial charge < -0.3 is 26.3 Å². The molecule has 2 aliphatic rings. The van der Waals surface area contributed by atoms with E-state index in [0.717, 1.165) is 74.2 Å². The second-order valence-corrected chi connectivity index (χ2v) is 15.8. The fourth-order valence-electron chi connectivity index (χ4n) is 6.55. The molecule has 1 aromatic carbocycles. The van der Waals surface area contributed by atoms with E-state index in [9.17, 15) is 4.79 Å². The highest BCUT2D eigenvalue weighted by Crippen LogP contribution is 2.25. The number of aldehydes is 1. The fraction of sp³-hybridized carbons (Fsp3) is 0.750. The van der Waals surface area contributed by atoms with Gasteiger partial charge in [0.1, 0.15) is 12.9 Å². The van der Waals surface area contributed by atoms with E-state index in [1.165, 1.54) is 88.7 Å². The van der Waals surface area contributed by atoms with Crippen molar-refractivity contribution in [2.45, 2.75) is 146 Å². The number of nitrogens with zero attached hydrogens (tertiary/aromatic N) is 3. The first-order valence-corrected chi connectivity index (χ1v) is 22.6. The lowest BCUT2D eigenvalue weighted by molar-refractivity contribution is -0.114. The van der Waals surface area contributed by atoms with E-state index in [2.05, 4.69) is 79.9 Å². The van der Waals surface area contributed by atoms with Crippen molar-refractivity contribution >= 4 is 40.6 Å². The normalized spacial score (nSPS) is 15.0. The van der Waals surface area contributed by atoms with Gasteiger partial charge >= 0.3 is 0 Å². The lowest BCUT2D eigenvalue weighted by Gasteiger charge is -2.38. The first-order valence-electron chi connectivity index (χ1n) is 21.3. The molecule has 3 heterocycles. The molecule has 54 heavy (non-hydrogen) atoms. The van der Waals surface area contributed by atoms with Gasteiger partial charge in [-0.25, -0.2) is 0 Å². The molecule has 0 unspecified atom stereocenters. The van der Waals surface area contributed by atoms with Gasteiger partial charge in [-0.05, 0) is 92.5 Å². The van der Waals surface area contributed by atoms with Crippen molar-refractivity contribution in [3.05, 3.63) is 44.6 Å². The van der Waals surface area contributed by atoms with Crippen molar-refractivity contribution in [3.8, 4) is 0 Å². The molecule has 0 spiro atoms. The van der Waals surface area contributed by atoms with Crippen LogP contribution in [0.1, 0.15) is 130 Å². The number of nitrogens with two attached hydrogens (primary N) is 2. The van der Waals surface area contributed by atoms with Gasteiger partial charge in [0.15, 0.2) is 0 Å². The summed E-state index contributed by atoms with van der Waals surface area (Å²) in [6.45, 7) is 31.5. The average molecular weight is 796 g/mol. The average Bonchev–Trinajstić information content (AvgIpc) is 3.61. The summed E-state index contributed by atoms with van der Waals surface area (Å²) in [6, 6.07) is 5.46. The molecule has 2 aromatic rings. The zero-order chi connectivity index (χ0) is 40.7. The van der Waals surface area contributed by atoms with Gasteiger partial charge in [-0.1, -0.05) is 99.2 Å². The lowest BCUT2D eigenvalue weighted by Crippen LogP contribution is -2.48. The maximum atomic E-state index is 10.3. The Balaban J connectivity index is 0.000000767. The van der Waals surface area contributed by atoms with Crippen LogP contribution in [0.4, 0.5) is 11.4 Å². The predicted octanol–water partition coefficient (Wildman–Crippen LogP) is 9.95. The Labute approximate surface area is 342 Å². The highest BCUT2D eigenvalue weighted by Gasteiger charge is 2.24. The zero-order valence-electron chi connectivity index (χ0n) is 36.4. The molecule has 0 bridgehead atoms. The van der Waals surface area contributed by atoms with Crippen LogP contribution in [0, 0.1) is 12.8 Å². The summed E-state index contributed by atoms with van der Waals surface area (Å²) < 4.78 is 5.31. The maximum absolute atomic E-state index is 10.3. The monoisotopic (exact) mass is 795 g/mol. The molecule has 0 aliphatic carbocycles. The minimum atomic E-state index is 0.198. The molecule has 10 heteroatoms. The Morgan fingerprint density at radius 2 is 1.56 bits per heavy atom. The summed E-state index contributed by atoms with van der Waals surface area (Å²) in [5.74, 6) is 0.884. The topological polar surface area (TPSA) is 100 Å². The van der Waals surface area contributed by atoms with Crippen LogP contribution >= 0.6 is 22.9 Å². The molecule has 1 aromatic heterocycles. The number of ether oxygens (including phenoxy) is 1. The number of carbonyl (C=O) groups is 1. The van der Waals surface area contributed by atoms with Gasteiger partial charge in [-0.3, -0.25) is 14.7 Å². The van der Waals surface area contributed by atoms with Gasteiger partial charge in [-0.2, -0.15) is 0 Å². The van der Waals surface area contributed by atoms with E-state index >= 15 is 0 Å². The second kappa shape index (κ2) is 33.4. The quantitative estimate of drug-likeness (QED) is 0.0827. The molecule has 0 radical (unpaired) electrons. The minimum absolute atomic E-state index is 0.198. The molecule has 0 atom stereocenters. The largest absolute Gasteiger partial charge is 0.398 e. The van der Waals surface area contributed by atoms with E-state index in [4.69, 9.17) is 27.8 Å². The van der Waals surface area contributed by atoms with Crippen molar-refractivity contribution in [3.63, 3.8) is 0 Å². The molecular weight excluding hydrogens is 712 g/mol. The number of likely N-dealkylation sites (tertiary alicyclic amines) is 1. The summed E-state index contributed by atoms with van der Waals surface area (Å²) in [4.78, 5) is 17.9. The molecule has 2 aliphatic heterocycles. The molecule has 314 valence electrons. The number of piperazine rings is 1. The third kappa shape index (κ3) is 22.7. The predicted molar refractivity (Wildman–Crippen MR) is 240 cm³/mol. The zero-order valence-corrected chi connectivity index (χ0v) is 37.9. The van der Waals surface area contributed by atoms with E-state index in [-0.39, 0.29) is 6.61 Å². The van der Waals surface area contributed by atoms with Crippen molar-refractivity contribution in [2.24, 2.45) is 5.92 Å². The second-order valence-electron chi connectivity index (χ2n) is 14.6. The number of halogens is 1. The van der Waals surface area contributed by atoms with E-state index in [0.29, 0.717) is 17.8 Å². The lowest BCUT2D eigenvalue weighted by atomic mass is 10.0. The van der Waals surface area contributed by atoms with Gasteiger partial charge in [0.05, 0.1) is 17.4 Å². The molecule has 2 fully saturated rings. The number of rotatable bonds is 17. The highest BCUT2D eigenvalue weighted by atomic mass is 35.5. The van der Waals surface area contributed by atoms with Crippen LogP contribution in [-0.2, 0) is 22.4 Å². The maximum Gasteiger partial charge on any atom is 0.145 e. The standard InChI is InChI=1S/C17H29N3O2S.C11H24N2.C9H12ClN.C5H12.C2H6/c1-2-6-20(9-3-15-12-23-13-17(15)18)16-4-7-19(8-5-16)14-22-11-10-21;1-3-5-11(6-4-2)13-9-7-12-8-10-13;1-3-7-4-6(2)5-8(10)9(7)11;1-4-5(2)3;1-2/h10,12-13,16H,2-9,11,14,18H2,1H3;11-12H,3-10H2,1-2H3;4-5H,3,11H2,1-2H3;5H,4H2,1-3H3;1-2H3. The molecule has 0 amide bonds. The number of carbonyl (C=O) groups excluding carboxylic acids is 1. The van der Waals surface area contributed by atoms with Gasteiger partial charge in [0.25, 0.3) is 0 Å². The van der Waals surface area contributed by atoms with Crippen LogP contribution in [-0.4, -0.2) is 98.8 Å². The number of nitrogen functional groups attached to an aromatic ring is 2. The Bertz CT molecular complexity index is 1160. The van der Waals surface area contributed by atoms with Crippen molar-refractivity contribution in [2.75, 3.05) is 77.2 Å². The van der Waals surface area contributed by atoms with Crippen molar-refractivity contribution in [1.82, 2.24) is 20.0 Å². The van der Waals surface area contributed by atoms with Crippen LogP contribution in [0.2, 0.25) is 5.02 Å². The number of anilines is 2. The Morgan fingerprint density at radius 1 is 0.944 bits per heavy atom. The Morgan fingerprint density at radius 3 is 2.04 bits per heavy atom. The van der Waals surface area contributed by atoms with E-state index in [1.54, 1.807) is 11.3 Å². The summed E-state index contributed by atoms with van der Waals surface area (Å²) in [5, 5.41) is 8.28. The molecule has 0 saturated carbocycles. The fourth-order valence-corrected chi connectivity index (χ4v) is 7.63. The van der Waals surface area contributed by atoms with Gasteiger partial charge in [0, 0.05) is 69.0 Å². The smallest absolute Gasteiger partial charge is 0.145 e. The molecule has 8 nitrogen and oxygen atoms in total. The number of aryl methyl sites for hydroxylation is 2. The summed E-state index contributed by atoms with van der Waals surface area (Å²) in [5.41, 5.74) is 17.0. The number of piperidine rings is 1. The number of nitrogens with one attached hydrogen (secondary N) is 1. The summed E-state index contributed by atoms with van der Waals surface area (Å²) in [6.07, 6.45) is 13.0. The van der Waals surface area contributed by atoms with Crippen molar-refractivity contribution in [1.29, 1.82) is 0 Å². The van der Waals surface area contributed by atoms with Crippen LogP contribution in [0.5, 0.6) is 0 Å². The number of benzene rings is 1. The SMILES string of the molecule is CC.CCC(C)C.CCCC(CCC)N1CCNCC1.CCCN(CCc1cscc1N)C1CCN(COCC=O)CC1.CCc1cc(C)cc(Cl)c1N. The molecule has 2 saturated heterocycles. The van der Waals surface area contributed by atoms with Crippen molar-refractivity contribution < 1.29 is 9.53 Å². The number of hydrogen-bond donors (Lipinski definition) is 3. The van der Waals surface area contributed by atoms with E-state index < -0.39 is 0 Å². The van der Waals surface area contributed by atoms with Crippen LogP contribution in [0.15, 0.2) is 22.9 Å². The van der Waals surface area contributed by atoms with Gasteiger partial charge in [-0.15, -0.1) is 11.3 Å². The number of hydrogen-bond acceptors (Lipinski definition) is 9. The first-order chi connectivity index (χ1) is 26.0. The molecular formula is C44H83ClN6O2S. The van der Waals surface area contributed by atoms with E-state index in [1.807, 2.05) is 32.2 Å². The third-order valence-electron chi connectivity index (χ3n) is 9.96. The van der Waals surface area contributed by atoms with Crippen LogP contribution in [0.3, 0.4) is 0 Å². The number of thiophene rings is 1. The molecule has 5 N–H and O–H groups in total. The Kier molecular flexibility index (Phi) is 32.4. The van der Waals surface area contributed by atoms with Gasteiger partial charge in [0.2, 0.25) is 0 Å².